The Balaban J connectivity index is 0.00000300. The van der Waals surface area contributed by atoms with Crippen LogP contribution in [0.3, 0.4) is 0 Å². The number of hydrogen-bond donors (Lipinski definition) is 1. The van der Waals surface area contributed by atoms with Crippen molar-refractivity contribution in [3.05, 3.63) is 47.5 Å². The monoisotopic (exact) mass is 512 g/mol. The number of guanidine groups is 1. The van der Waals surface area contributed by atoms with Gasteiger partial charge in [0.15, 0.2) is 11.8 Å². The van der Waals surface area contributed by atoms with Crippen molar-refractivity contribution >= 4 is 29.9 Å². The lowest BCUT2D eigenvalue weighted by atomic mass is 9.82. The number of aryl methyl sites for hydroxylation is 1. The zero-order chi connectivity index (χ0) is 19.9. The highest BCUT2D eigenvalue weighted by molar-refractivity contribution is 14.0. The van der Waals surface area contributed by atoms with Gasteiger partial charge in [0.2, 0.25) is 0 Å². The highest BCUT2D eigenvalue weighted by atomic mass is 127. The number of nitrogens with one attached hydrogen (secondary N) is 1. The Kier molecular flexibility index (Phi) is 9.35. The molecule has 1 saturated heterocycles. The van der Waals surface area contributed by atoms with Gasteiger partial charge in [-0.25, -0.2) is 4.99 Å². The fourth-order valence-corrected chi connectivity index (χ4v) is 3.80. The summed E-state index contributed by atoms with van der Waals surface area (Å²) in [6.45, 7) is 8.16. The number of nitrogens with zero attached hydrogens (tertiary/aromatic N) is 5. The second kappa shape index (κ2) is 11.5. The fraction of sp³-hybridized carbons (Fsp3) is 0.571. The molecule has 1 aromatic carbocycles. The maximum absolute atomic E-state index is 5.20. The summed E-state index contributed by atoms with van der Waals surface area (Å²) in [5.41, 5.74) is 1.44. The van der Waals surface area contributed by atoms with Gasteiger partial charge >= 0.3 is 0 Å². The van der Waals surface area contributed by atoms with Crippen molar-refractivity contribution in [2.75, 3.05) is 33.4 Å². The van der Waals surface area contributed by atoms with E-state index >= 15 is 0 Å². The van der Waals surface area contributed by atoms with E-state index in [9.17, 15) is 0 Å². The third-order valence-electron chi connectivity index (χ3n) is 5.57. The van der Waals surface area contributed by atoms with Gasteiger partial charge in [-0.3, -0.25) is 0 Å². The predicted octanol–water partition coefficient (Wildman–Crippen LogP) is 2.96. The summed E-state index contributed by atoms with van der Waals surface area (Å²) in [5.74, 6) is 3.85. The van der Waals surface area contributed by atoms with E-state index in [0.29, 0.717) is 25.0 Å². The van der Waals surface area contributed by atoms with Crippen LogP contribution in [0.15, 0.2) is 35.3 Å². The molecule has 0 bridgehead atoms. The van der Waals surface area contributed by atoms with Crippen LogP contribution in [0.25, 0.3) is 0 Å². The molecule has 0 saturated carbocycles. The first kappa shape index (κ1) is 23.6. The number of benzene rings is 1. The lowest BCUT2D eigenvalue weighted by Gasteiger charge is -2.39. The number of rotatable bonds is 6. The minimum atomic E-state index is 0. The Bertz CT molecular complexity index is 779. The fourth-order valence-electron chi connectivity index (χ4n) is 3.80. The van der Waals surface area contributed by atoms with Gasteiger partial charge in [0.25, 0.3) is 0 Å². The van der Waals surface area contributed by atoms with Crippen LogP contribution in [-0.4, -0.2) is 59.0 Å². The Hall–Kier alpha value is -1.68. The number of aliphatic imine (C=N–C) groups is 1. The summed E-state index contributed by atoms with van der Waals surface area (Å²) in [7, 11) is 3.69. The van der Waals surface area contributed by atoms with Crippen LogP contribution in [-0.2, 0) is 18.3 Å². The number of halogens is 1. The minimum absolute atomic E-state index is 0. The molecule has 1 N–H and O–H groups in total. The molecule has 29 heavy (non-hydrogen) atoms. The van der Waals surface area contributed by atoms with Crippen LogP contribution in [0.1, 0.15) is 36.5 Å². The molecule has 2 unspecified atom stereocenters. The van der Waals surface area contributed by atoms with Gasteiger partial charge < -0.3 is 19.5 Å². The van der Waals surface area contributed by atoms with Crippen LogP contribution in [0, 0.1) is 12.8 Å². The molecule has 0 aliphatic carbocycles. The van der Waals surface area contributed by atoms with E-state index in [0.717, 1.165) is 43.7 Å². The number of methoxy groups -OCH3 is 1. The van der Waals surface area contributed by atoms with Gasteiger partial charge in [0, 0.05) is 33.8 Å². The van der Waals surface area contributed by atoms with E-state index in [2.05, 4.69) is 57.7 Å². The standard InChI is InChI=1S/C21H32N6O.HI/c1-16-15-27(12-10-19(16)18-8-6-5-7-9-18)21(22-11-13-28-4)23-14-20-25-24-17(2)26(20)3;/h5-9,16,19H,10-15H2,1-4H3,(H,22,23);1H. The first-order chi connectivity index (χ1) is 13.6. The molecule has 3 rings (SSSR count). The quantitative estimate of drug-likeness (QED) is 0.279. The Morgan fingerprint density at radius 1 is 1.28 bits per heavy atom. The molecule has 0 amide bonds. The van der Waals surface area contributed by atoms with Gasteiger partial charge in [0.05, 0.1) is 6.61 Å². The molecular formula is C21H33IN6O. The predicted molar refractivity (Wildman–Crippen MR) is 127 cm³/mol. The molecule has 160 valence electrons. The summed E-state index contributed by atoms with van der Waals surface area (Å²) in [5, 5.41) is 11.8. The summed E-state index contributed by atoms with van der Waals surface area (Å²) in [4.78, 5) is 7.21. The van der Waals surface area contributed by atoms with Gasteiger partial charge in [-0.2, -0.15) is 0 Å². The van der Waals surface area contributed by atoms with Crippen molar-refractivity contribution in [2.24, 2.45) is 18.0 Å². The molecule has 1 fully saturated rings. The van der Waals surface area contributed by atoms with E-state index in [1.54, 1.807) is 7.11 Å². The van der Waals surface area contributed by atoms with E-state index < -0.39 is 0 Å². The van der Waals surface area contributed by atoms with E-state index in [1.807, 2.05) is 18.5 Å². The average Bonchev–Trinajstić information content (AvgIpc) is 3.03. The molecule has 1 aromatic heterocycles. The number of hydrogen-bond acceptors (Lipinski definition) is 4. The van der Waals surface area contributed by atoms with E-state index in [1.165, 1.54) is 5.56 Å². The van der Waals surface area contributed by atoms with Crippen molar-refractivity contribution in [3.8, 4) is 0 Å². The minimum Gasteiger partial charge on any atom is -0.383 e. The van der Waals surface area contributed by atoms with Crippen molar-refractivity contribution in [3.63, 3.8) is 0 Å². The number of aromatic nitrogens is 3. The molecule has 7 nitrogen and oxygen atoms in total. The molecule has 0 radical (unpaired) electrons. The van der Waals surface area contributed by atoms with Crippen molar-refractivity contribution in [1.29, 1.82) is 0 Å². The largest absolute Gasteiger partial charge is 0.383 e. The number of ether oxygens (including phenoxy) is 1. The lowest BCUT2D eigenvalue weighted by molar-refractivity contribution is 0.199. The van der Waals surface area contributed by atoms with Crippen molar-refractivity contribution in [2.45, 2.75) is 32.7 Å². The molecule has 2 heterocycles. The zero-order valence-electron chi connectivity index (χ0n) is 17.8. The molecule has 1 aliphatic rings. The topological polar surface area (TPSA) is 67.6 Å². The molecule has 1 aliphatic heterocycles. The second-order valence-electron chi connectivity index (χ2n) is 7.51. The van der Waals surface area contributed by atoms with Crippen LogP contribution in [0.4, 0.5) is 0 Å². The molecule has 2 atom stereocenters. The zero-order valence-corrected chi connectivity index (χ0v) is 20.2. The number of likely N-dealkylation sites (tertiary alicyclic amines) is 1. The maximum Gasteiger partial charge on any atom is 0.194 e. The first-order valence-corrected chi connectivity index (χ1v) is 10.0. The lowest BCUT2D eigenvalue weighted by Crippen LogP contribution is -2.48. The van der Waals surface area contributed by atoms with Gasteiger partial charge in [0.1, 0.15) is 12.4 Å². The SMILES string of the molecule is COCCNC(=NCc1nnc(C)n1C)N1CCC(c2ccccc2)C(C)C1.I. The summed E-state index contributed by atoms with van der Waals surface area (Å²) in [6.07, 6.45) is 1.12. The highest BCUT2D eigenvalue weighted by Crippen LogP contribution is 2.32. The first-order valence-electron chi connectivity index (χ1n) is 10.0. The highest BCUT2D eigenvalue weighted by Gasteiger charge is 2.28. The third-order valence-corrected chi connectivity index (χ3v) is 5.57. The van der Waals surface area contributed by atoms with Gasteiger partial charge in [-0.05, 0) is 30.7 Å². The van der Waals surface area contributed by atoms with Gasteiger partial charge in [-0.1, -0.05) is 37.3 Å². The van der Waals surface area contributed by atoms with Gasteiger partial charge in [-0.15, -0.1) is 34.2 Å². The molecule has 2 aromatic rings. The van der Waals surface area contributed by atoms with Crippen LogP contribution in [0.5, 0.6) is 0 Å². The van der Waals surface area contributed by atoms with Crippen LogP contribution in [0.2, 0.25) is 0 Å². The van der Waals surface area contributed by atoms with E-state index in [-0.39, 0.29) is 24.0 Å². The normalized spacial score (nSPS) is 19.7. The van der Waals surface area contributed by atoms with E-state index in [4.69, 9.17) is 9.73 Å². The Morgan fingerprint density at radius 2 is 2.03 bits per heavy atom. The summed E-state index contributed by atoms with van der Waals surface area (Å²) in [6, 6.07) is 10.9. The maximum atomic E-state index is 5.20. The van der Waals surface area contributed by atoms with Crippen molar-refractivity contribution < 1.29 is 4.74 Å². The Morgan fingerprint density at radius 3 is 2.66 bits per heavy atom. The molecular weight excluding hydrogens is 479 g/mol. The second-order valence-corrected chi connectivity index (χ2v) is 7.51. The average molecular weight is 512 g/mol. The Labute approximate surface area is 191 Å². The molecule has 8 heteroatoms. The summed E-state index contributed by atoms with van der Waals surface area (Å²) >= 11 is 0. The van der Waals surface area contributed by atoms with Crippen molar-refractivity contribution in [1.82, 2.24) is 25.0 Å². The number of piperidine rings is 1. The summed E-state index contributed by atoms with van der Waals surface area (Å²) < 4.78 is 7.18. The third kappa shape index (κ3) is 6.15. The van der Waals surface area contributed by atoms with Crippen LogP contribution >= 0.6 is 24.0 Å². The smallest absolute Gasteiger partial charge is 0.194 e. The van der Waals surface area contributed by atoms with Crippen LogP contribution < -0.4 is 5.32 Å². The molecule has 0 spiro atoms.